The van der Waals surface area contributed by atoms with E-state index >= 15 is 0 Å². The zero-order chi connectivity index (χ0) is 22.1. The third-order valence-electron chi connectivity index (χ3n) is 6.28. The quantitative estimate of drug-likeness (QED) is 0.537. The highest BCUT2D eigenvalue weighted by atomic mass is 16.2. The number of fused-ring (bicyclic) bond motifs is 1. The number of hydrogen-bond acceptors (Lipinski definition) is 3. The molecule has 1 saturated heterocycles. The van der Waals surface area contributed by atoms with Gasteiger partial charge < -0.3 is 10.2 Å². The Balaban J connectivity index is 1.77. The lowest BCUT2D eigenvalue weighted by atomic mass is 9.98. The average Bonchev–Trinajstić information content (AvgIpc) is 3.46. The van der Waals surface area contributed by atoms with E-state index in [1.165, 1.54) is 0 Å². The summed E-state index contributed by atoms with van der Waals surface area (Å²) in [6, 6.07) is 24.3. The number of amides is 1. The molecule has 0 radical (unpaired) electrons. The second kappa shape index (κ2) is 8.46. The highest BCUT2D eigenvalue weighted by Gasteiger charge is 2.32. The third-order valence-corrected chi connectivity index (χ3v) is 6.28. The van der Waals surface area contributed by atoms with Crippen molar-refractivity contribution >= 4 is 28.6 Å². The molecule has 0 bridgehead atoms. The Bertz CT molecular complexity index is 1230. The molecule has 0 aliphatic carbocycles. The van der Waals surface area contributed by atoms with Gasteiger partial charge in [0.25, 0.3) is 5.91 Å². The largest absolute Gasteiger partial charge is 0.352 e. The van der Waals surface area contributed by atoms with Gasteiger partial charge in [0.15, 0.2) is 0 Å². The summed E-state index contributed by atoms with van der Waals surface area (Å²) >= 11 is 0. The highest BCUT2D eigenvalue weighted by molar-refractivity contribution is 6.34. The first-order valence-corrected chi connectivity index (χ1v) is 11.2. The summed E-state index contributed by atoms with van der Waals surface area (Å²) in [5, 5.41) is 3.60. The minimum atomic E-state index is 0.0687. The number of allylic oxidation sites excluding steroid dienone is 1. The van der Waals surface area contributed by atoms with E-state index in [0.717, 1.165) is 71.0 Å². The van der Waals surface area contributed by atoms with Crippen molar-refractivity contribution in [1.29, 1.82) is 0 Å². The molecule has 3 aromatic carbocycles. The van der Waals surface area contributed by atoms with Crippen LogP contribution < -0.4 is 5.32 Å². The summed E-state index contributed by atoms with van der Waals surface area (Å²) in [6.45, 7) is 5.76. The molecule has 1 N–H and O–H groups in total. The molecule has 0 spiro atoms. The molecule has 0 saturated carbocycles. The van der Waals surface area contributed by atoms with Crippen molar-refractivity contribution < 1.29 is 4.79 Å². The summed E-state index contributed by atoms with van der Waals surface area (Å²) in [5.41, 5.74) is 8.43. The lowest BCUT2D eigenvalue weighted by Crippen LogP contribution is -2.30. The van der Waals surface area contributed by atoms with E-state index in [4.69, 9.17) is 4.99 Å². The van der Waals surface area contributed by atoms with Gasteiger partial charge in [-0.1, -0.05) is 66.7 Å². The number of aryl methyl sites for hydroxylation is 2. The van der Waals surface area contributed by atoms with Crippen molar-refractivity contribution in [2.45, 2.75) is 26.7 Å². The number of hydrogen-bond donors (Lipinski definition) is 1. The maximum Gasteiger partial charge on any atom is 0.256 e. The van der Waals surface area contributed by atoms with Crippen molar-refractivity contribution in [3.8, 4) is 0 Å². The summed E-state index contributed by atoms with van der Waals surface area (Å²) < 4.78 is 0. The molecule has 0 aromatic heterocycles. The van der Waals surface area contributed by atoms with Crippen LogP contribution in [0.1, 0.15) is 35.1 Å². The number of carbonyl (C=O) groups is 1. The van der Waals surface area contributed by atoms with Gasteiger partial charge >= 0.3 is 0 Å². The first-order valence-electron chi connectivity index (χ1n) is 11.2. The van der Waals surface area contributed by atoms with Gasteiger partial charge in [0.1, 0.15) is 0 Å². The number of nitrogens with one attached hydrogen (secondary N) is 1. The van der Waals surface area contributed by atoms with Crippen LogP contribution in [0.3, 0.4) is 0 Å². The van der Waals surface area contributed by atoms with E-state index in [2.05, 4.69) is 43.4 Å². The number of aliphatic imine (C=N–C) groups is 1. The molecule has 4 heteroatoms. The standard InChI is InChI=1S/C28H27N3O/c1-19-11-6-7-16-23(19)29-26-22-15-10-12-20(2)25(22)30-27(26)24(21-13-4-3-5-14-21)28(32)31-17-8-9-18-31/h3-7,10-16,30H,8-9,17-18H2,1-2H3/b27-24+,29-26?. The van der Waals surface area contributed by atoms with Crippen LogP contribution in [0.15, 0.2) is 83.5 Å². The van der Waals surface area contributed by atoms with E-state index < -0.39 is 0 Å². The zero-order valence-corrected chi connectivity index (χ0v) is 18.6. The minimum Gasteiger partial charge on any atom is -0.352 e. The molecule has 0 unspecified atom stereocenters. The summed E-state index contributed by atoms with van der Waals surface area (Å²) in [6.07, 6.45) is 2.11. The fourth-order valence-corrected chi connectivity index (χ4v) is 4.51. The fourth-order valence-electron chi connectivity index (χ4n) is 4.51. The van der Waals surface area contributed by atoms with Crippen LogP contribution in [-0.2, 0) is 4.79 Å². The summed E-state index contributed by atoms with van der Waals surface area (Å²) in [5.74, 6) is 0.0687. The van der Waals surface area contributed by atoms with Gasteiger partial charge in [0.2, 0.25) is 0 Å². The Hall–Kier alpha value is -3.66. The molecular weight excluding hydrogens is 394 g/mol. The van der Waals surface area contributed by atoms with Gasteiger partial charge in [-0.3, -0.25) is 4.79 Å². The van der Waals surface area contributed by atoms with E-state index in [1.54, 1.807) is 0 Å². The van der Waals surface area contributed by atoms with Gasteiger partial charge in [0, 0.05) is 18.7 Å². The predicted molar refractivity (Wildman–Crippen MR) is 131 cm³/mol. The first-order chi connectivity index (χ1) is 15.6. The Morgan fingerprint density at radius 2 is 1.53 bits per heavy atom. The van der Waals surface area contributed by atoms with Gasteiger partial charge in [-0.15, -0.1) is 0 Å². The topological polar surface area (TPSA) is 44.7 Å². The first kappa shape index (κ1) is 20.3. The van der Waals surface area contributed by atoms with Crippen LogP contribution in [0.25, 0.3) is 5.57 Å². The Kier molecular flexibility index (Phi) is 5.36. The second-order valence-corrected chi connectivity index (χ2v) is 8.48. The summed E-state index contributed by atoms with van der Waals surface area (Å²) in [4.78, 5) is 20.9. The van der Waals surface area contributed by atoms with Crippen molar-refractivity contribution in [1.82, 2.24) is 4.90 Å². The normalized spacial score (nSPS) is 17.9. The summed E-state index contributed by atoms with van der Waals surface area (Å²) in [7, 11) is 0. The lowest BCUT2D eigenvalue weighted by Gasteiger charge is -2.20. The van der Waals surface area contributed by atoms with E-state index in [0.29, 0.717) is 5.57 Å². The highest BCUT2D eigenvalue weighted by Crippen LogP contribution is 2.38. The van der Waals surface area contributed by atoms with Crippen LogP contribution in [0, 0.1) is 13.8 Å². The van der Waals surface area contributed by atoms with Gasteiger partial charge in [-0.05, 0) is 49.4 Å². The number of carbonyl (C=O) groups excluding carboxylic acids is 1. The van der Waals surface area contributed by atoms with Crippen LogP contribution in [0.5, 0.6) is 0 Å². The molecule has 1 amide bonds. The van der Waals surface area contributed by atoms with Crippen LogP contribution >= 0.6 is 0 Å². The van der Waals surface area contributed by atoms with Crippen molar-refractivity contribution in [3.05, 3.63) is 101 Å². The van der Waals surface area contributed by atoms with E-state index in [1.807, 2.05) is 53.4 Å². The van der Waals surface area contributed by atoms with Crippen LogP contribution in [0.2, 0.25) is 0 Å². The molecule has 3 aromatic rings. The van der Waals surface area contributed by atoms with E-state index in [9.17, 15) is 4.79 Å². The molecular formula is C28H27N3O. The van der Waals surface area contributed by atoms with Crippen molar-refractivity contribution in [3.63, 3.8) is 0 Å². The average molecular weight is 422 g/mol. The van der Waals surface area contributed by atoms with Crippen molar-refractivity contribution in [2.75, 3.05) is 18.4 Å². The Morgan fingerprint density at radius 3 is 2.28 bits per heavy atom. The number of anilines is 1. The molecule has 2 heterocycles. The predicted octanol–water partition coefficient (Wildman–Crippen LogP) is 5.88. The Labute approximate surface area is 189 Å². The Morgan fingerprint density at radius 1 is 0.844 bits per heavy atom. The van der Waals surface area contributed by atoms with Gasteiger partial charge in [0.05, 0.1) is 28.4 Å². The maximum absolute atomic E-state index is 13.8. The third kappa shape index (κ3) is 3.62. The molecule has 4 nitrogen and oxygen atoms in total. The molecule has 1 fully saturated rings. The van der Waals surface area contributed by atoms with E-state index in [-0.39, 0.29) is 5.91 Å². The number of para-hydroxylation sites is 2. The maximum atomic E-state index is 13.8. The number of nitrogens with zero attached hydrogens (tertiary/aromatic N) is 2. The monoisotopic (exact) mass is 421 g/mol. The number of likely N-dealkylation sites (tertiary alicyclic amines) is 1. The van der Waals surface area contributed by atoms with Gasteiger partial charge in [-0.25, -0.2) is 4.99 Å². The van der Waals surface area contributed by atoms with Gasteiger partial charge in [-0.2, -0.15) is 0 Å². The number of rotatable bonds is 3. The molecule has 32 heavy (non-hydrogen) atoms. The molecule has 2 aliphatic heterocycles. The van der Waals surface area contributed by atoms with Crippen LogP contribution in [0.4, 0.5) is 11.4 Å². The molecule has 0 atom stereocenters. The smallest absolute Gasteiger partial charge is 0.256 e. The molecule has 2 aliphatic rings. The van der Waals surface area contributed by atoms with Crippen LogP contribution in [-0.4, -0.2) is 29.6 Å². The number of benzene rings is 3. The second-order valence-electron chi connectivity index (χ2n) is 8.48. The van der Waals surface area contributed by atoms with Crippen molar-refractivity contribution in [2.24, 2.45) is 4.99 Å². The zero-order valence-electron chi connectivity index (χ0n) is 18.6. The SMILES string of the molecule is Cc1ccccc1N=C1/C(=C(\C(=O)N2CCCC2)c2ccccc2)Nc2c(C)cccc21. The molecule has 5 rings (SSSR count). The fraction of sp³-hybridized carbons (Fsp3) is 0.214. The molecule has 160 valence electrons. The lowest BCUT2D eigenvalue weighted by molar-refractivity contribution is -0.124. The minimum absolute atomic E-state index is 0.0687.